The Morgan fingerprint density at radius 2 is 1.81 bits per heavy atom. The number of rotatable bonds is 4. The molecule has 1 saturated carbocycles. The highest BCUT2D eigenvalue weighted by Gasteiger charge is 2.40. The molecule has 0 amide bonds. The number of nitrogens with zero attached hydrogens (tertiary/aromatic N) is 1. The van der Waals surface area contributed by atoms with Crippen LogP contribution < -0.4 is 0 Å². The molecule has 16 heavy (non-hydrogen) atoms. The van der Waals surface area contributed by atoms with E-state index in [1.807, 2.05) is 0 Å². The van der Waals surface area contributed by atoms with Gasteiger partial charge in [0.25, 0.3) is 0 Å². The fourth-order valence-electron chi connectivity index (χ4n) is 2.39. The van der Waals surface area contributed by atoms with Crippen LogP contribution in [-0.4, -0.2) is 57.3 Å². The predicted molar refractivity (Wildman–Crippen MR) is 61.4 cm³/mol. The molecule has 1 heterocycles. The Kier molecular flexibility index (Phi) is 4.19. The molecule has 0 aromatic carbocycles. The van der Waals surface area contributed by atoms with Crippen molar-refractivity contribution < 1.29 is 14.2 Å². The van der Waals surface area contributed by atoms with E-state index < -0.39 is 0 Å². The molecule has 1 aliphatic heterocycles. The highest BCUT2D eigenvalue weighted by atomic mass is 16.7. The van der Waals surface area contributed by atoms with Crippen LogP contribution in [0.4, 0.5) is 0 Å². The van der Waals surface area contributed by atoms with E-state index in [1.54, 1.807) is 0 Å². The highest BCUT2D eigenvalue weighted by molar-refractivity contribution is 4.82. The third-order valence-electron chi connectivity index (χ3n) is 3.40. The normalized spacial score (nSPS) is 25.7. The number of likely N-dealkylation sites (N-methyl/N-ethyl adjacent to an activating group) is 1. The number of hydrogen-bond donors (Lipinski definition) is 0. The van der Waals surface area contributed by atoms with Crippen molar-refractivity contribution in [2.24, 2.45) is 0 Å². The topological polar surface area (TPSA) is 30.9 Å². The van der Waals surface area contributed by atoms with E-state index >= 15 is 0 Å². The van der Waals surface area contributed by atoms with E-state index in [9.17, 15) is 0 Å². The van der Waals surface area contributed by atoms with Crippen molar-refractivity contribution in [2.75, 3.05) is 40.5 Å². The molecule has 94 valence electrons. The Balaban J connectivity index is 1.65. The van der Waals surface area contributed by atoms with Crippen LogP contribution in [0.15, 0.2) is 0 Å². The van der Waals surface area contributed by atoms with E-state index in [0.717, 1.165) is 52.0 Å². The second kappa shape index (κ2) is 5.45. The molecule has 4 heteroatoms. The molecule has 4 nitrogen and oxygen atoms in total. The Morgan fingerprint density at radius 3 is 2.38 bits per heavy atom. The Labute approximate surface area is 97.8 Å². The fourth-order valence-corrected chi connectivity index (χ4v) is 2.39. The number of ether oxygens (including phenoxy) is 3. The molecule has 0 radical (unpaired) electrons. The van der Waals surface area contributed by atoms with Gasteiger partial charge in [-0.25, -0.2) is 0 Å². The highest BCUT2D eigenvalue weighted by Crippen LogP contribution is 2.36. The van der Waals surface area contributed by atoms with Crippen LogP contribution in [0.1, 0.15) is 25.7 Å². The molecule has 2 rings (SSSR count). The molecule has 0 aromatic heterocycles. The van der Waals surface area contributed by atoms with Gasteiger partial charge in [-0.15, -0.1) is 0 Å². The van der Waals surface area contributed by atoms with Gasteiger partial charge in [-0.1, -0.05) is 0 Å². The summed E-state index contributed by atoms with van der Waals surface area (Å²) in [6.45, 7) is 3.33. The van der Waals surface area contributed by atoms with Crippen molar-refractivity contribution in [2.45, 2.75) is 37.6 Å². The third-order valence-corrected chi connectivity index (χ3v) is 3.40. The Bertz CT molecular complexity index is 204. The van der Waals surface area contributed by atoms with Crippen molar-refractivity contribution in [1.82, 2.24) is 4.90 Å². The summed E-state index contributed by atoms with van der Waals surface area (Å²) in [6.07, 6.45) is 4.50. The van der Waals surface area contributed by atoms with Crippen molar-refractivity contribution in [3.05, 3.63) is 0 Å². The molecule has 1 saturated heterocycles. The van der Waals surface area contributed by atoms with Crippen LogP contribution in [0, 0.1) is 0 Å². The lowest BCUT2D eigenvalue weighted by molar-refractivity contribution is -0.191. The van der Waals surface area contributed by atoms with E-state index in [4.69, 9.17) is 14.2 Å². The second-order valence-electron chi connectivity index (χ2n) is 4.98. The Hall–Kier alpha value is -0.160. The lowest BCUT2D eigenvalue weighted by atomic mass is 9.92. The van der Waals surface area contributed by atoms with Gasteiger partial charge in [-0.3, -0.25) is 0 Å². The number of hydrogen-bond acceptors (Lipinski definition) is 4. The van der Waals surface area contributed by atoms with Crippen LogP contribution in [0.3, 0.4) is 0 Å². The molecule has 2 aliphatic rings. The lowest BCUT2D eigenvalue weighted by Gasteiger charge is -2.35. The van der Waals surface area contributed by atoms with Crippen molar-refractivity contribution in [1.29, 1.82) is 0 Å². The molecule has 1 aliphatic carbocycles. The minimum absolute atomic E-state index is 0.249. The van der Waals surface area contributed by atoms with E-state index in [1.165, 1.54) is 0 Å². The largest absolute Gasteiger partial charge is 0.377 e. The molecule has 2 fully saturated rings. The predicted octanol–water partition coefficient (Wildman–Crippen LogP) is 1.25. The first-order chi connectivity index (χ1) is 7.70. The average molecular weight is 229 g/mol. The van der Waals surface area contributed by atoms with Gasteiger partial charge in [0.05, 0.1) is 25.9 Å². The van der Waals surface area contributed by atoms with Gasteiger partial charge in [0.1, 0.15) is 0 Å². The first-order valence-electron chi connectivity index (χ1n) is 6.24. The van der Waals surface area contributed by atoms with Crippen LogP contribution in [-0.2, 0) is 14.2 Å². The summed E-state index contributed by atoms with van der Waals surface area (Å²) in [6, 6.07) is 0. The maximum atomic E-state index is 5.84. The molecule has 0 aromatic rings. The zero-order valence-electron chi connectivity index (χ0n) is 10.4. The first-order valence-corrected chi connectivity index (χ1v) is 6.24. The SMILES string of the molecule is CN(C)CCOC1CCC2(CC1)OCCO2. The zero-order chi connectivity index (χ0) is 11.4. The first kappa shape index (κ1) is 12.3. The van der Waals surface area contributed by atoms with Crippen molar-refractivity contribution in [3.8, 4) is 0 Å². The van der Waals surface area contributed by atoms with Crippen LogP contribution >= 0.6 is 0 Å². The van der Waals surface area contributed by atoms with Gasteiger partial charge in [-0.2, -0.15) is 0 Å². The minimum atomic E-state index is -0.249. The molecule has 0 bridgehead atoms. The molecule has 0 unspecified atom stereocenters. The van der Waals surface area contributed by atoms with E-state index in [-0.39, 0.29) is 5.79 Å². The van der Waals surface area contributed by atoms with Gasteiger partial charge in [0.15, 0.2) is 5.79 Å². The molecular weight excluding hydrogens is 206 g/mol. The quantitative estimate of drug-likeness (QED) is 0.726. The summed E-state index contributed by atoms with van der Waals surface area (Å²) >= 11 is 0. The standard InChI is InChI=1S/C12H23NO3/c1-13(2)7-8-14-11-3-5-12(6-4-11)15-9-10-16-12/h11H,3-10H2,1-2H3. The summed E-state index contributed by atoms with van der Waals surface area (Å²) in [7, 11) is 4.14. The Morgan fingerprint density at radius 1 is 1.19 bits per heavy atom. The van der Waals surface area contributed by atoms with Gasteiger partial charge in [0.2, 0.25) is 0 Å². The van der Waals surface area contributed by atoms with Gasteiger partial charge in [0, 0.05) is 19.4 Å². The van der Waals surface area contributed by atoms with Gasteiger partial charge in [-0.05, 0) is 26.9 Å². The monoisotopic (exact) mass is 229 g/mol. The maximum Gasteiger partial charge on any atom is 0.168 e. The van der Waals surface area contributed by atoms with Gasteiger partial charge < -0.3 is 19.1 Å². The molecular formula is C12H23NO3. The van der Waals surface area contributed by atoms with Crippen LogP contribution in [0.25, 0.3) is 0 Å². The van der Waals surface area contributed by atoms with Crippen molar-refractivity contribution >= 4 is 0 Å². The lowest BCUT2D eigenvalue weighted by Crippen LogP contribution is -2.38. The van der Waals surface area contributed by atoms with E-state index in [2.05, 4.69) is 19.0 Å². The van der Waals surface area contributed by atoms with Gasteiger partial charge >= 0.3 is 0 Å². The van der Waals surface area contributed by atoms with Crippen LogP contribution in [0.5, 0.6) is 0 Å². The van der Waals surface area contributed by atoms with Crippen LogP contribution in [0.2, 0.25) is 0 Å². The molecule has 1 spiro atoms. The summed E-state index contributed by atoms with van der Waals surface area (Å²) < 4.78 is 17.2. The second-order valence-corrected chi connectivity index (χ2v) is 4.98. The summed E-state index contributed by atoms with van der Waals surface area (Å²) in [5.41, 5.74) is 0. The van der Waals surface area contributed by atoms with E-state index in [0.29, 0.717) is 6.10 Å². The third kappa shape index (κ3) is 3.17. The summed E-state index contributed by atoms with van der Waals surface area (Å²) in [5.74, 6) is -0.249. The molecule has 0 atom stereocenters. The summed E-state index contributed by atoms with van der Waals surface area (Å²) in [5, 5.41) is 0. The molecule has 0 N–H and O–H groups in total. The summed E-state index contributed by atoms with van der Waals surface area (Å²) in [4.78, 5) is 2.15. The minimum Gasteiger partial charge on any atom is -0.377 e. The fraction of sp³-hybridized carbons (Fsp3) is 1.00. The maximum absolute atomic E-state index is 5.84. The average Bonchev–Trinajstić information content (AvgIpc) is 2.70. The van der Waals surface area contributed by atoms with Crippen molar-refractivity contribution in [3.63, 3.8) is 0 Å². The zero-order valence-corrected chi connectivity index (χ0v) is 10.4. The smallest absolute Gasteiger partial charge is 0.168 e.